The van der Waals surface area contributed by atoms with Gasteiger partial charge in [0.2, 0.25) is 5.88 Å². The monoisotopic (exact) mass is 735 g/mol. The van der Waals surface area contributed by atoms with Gasteiger partial charge in [-0.3, -0.25) is 14.8 Å². The molecular formula is C36H37F4N9O4. The highest BCUT2D eigenvalue weighted by Crippen LogP contribution is 2.51. The molecule has 278 valence electrons. The molecule has 1 aliphatic carbocycles. The quantitative estimate of drug-likeness (QED) is 0.139. The van der Waals surface area contributed by atoms with E-state index in [-0.39, 0.29) is 59.8 Å². The highest BCUT2D eigenvalue weighted by atomic mass is 19.1. The lowest BCUT2D eigenvalue weighted by atomic mass is 9.95. The van der Waals surface area contributed by atoms with Crippen LogP contribution in [-0.2, 0) is 4.79 Å². The smallest absolute Gasteiger partial charge is 0.319 e. The fraction of sp³-hybridized carbons (Fsp3) is 0.444. The molecule has 9 rings (SSSR count). The molecule has 4 N–H and O–H groups in total. The first kappa shape index (κ1) is 34.7. The highest BCUT2D eigenvalue weighted by molar-refractivity contribution is 6.01. The van der Waals surface area contributed by atoms with E-state index in [1.807, 2.05) is 18.7 Å². The molecule has 2 unspecified atom stereocenters. The number of ether oxygens (including phenoxy) is 2. The summed E-state index contributed by atoms with van der Waals surface area (Å²) in [6.45, 7) is 4.79. The molecule has 13 nitrogen and oxygen atoms in total. The molecule has 3 aliphatic heterocycles. The van der Waals surface area contributed by atoms with Crippen molar-refractivity contribution in [2.45, 2.75) is 75.4 Å². The number of anilines is 2. The lowest BCUT2D eigenvalue weighted by Gasteiger charge is -2.35. The van der Waals surface area contributed by atoms with Crippen LogP contribution >= 0.6 is 0 Å². The van der Waals surface area contributed by atoms with Gasteiger partial charge in [0, 0.05) is 35.4 Å². The molecule has 6 atom stereocenters. The number of rotatable bonds is 7. The number of halogens is 4. The summed E-state index contributed by atoms with van der Waals surface area (Å²) in [6, 6.07) is 3.77. The highest BCUT2D eigenvalue weighted by Gasteiger charge is 2.49. The molecule has 1 saturated carbocycles. The van der Waals surface area contributed by atoms with Gasteiger partial charge in [-0.25, -0.2) is 27.5 Å². The number of nitrogens with zero attached hydrogens (tertiary/aromatic N) is 7. The Labute approximate surface area is 300 Å². The number of alkyl halides is 2. The van der Waals surface area contributed by atoms with Crippen molar-refractivity contribution < 1.29 is 36.9 Å². The predicted octanol–water partition coefficient (Wildman–Crippen LogP) is 5.65. The van der Waals surface area contributed by atoms with Crippen LogP contribution in [0.1, 0.15) is 62.6 Å². The summed E-state index contributed by atoms with van der Waals surface area (Å²) < 4.78 is 73.6. The van der Waals surface area contributed by atoms with Crippen LogP contribution < -0.4 is 20.1 Å². The minimum atomic E-state index is -1.05. The van der Waals surface area contributed by atoms with Gasteiger partial charge in [0.15, 0.2) is 5.82 Å². The van der Waals surface area contributed by atoms with Gasteiger partial charge < -0.3 is 25.2 Å². The van der Waals surface area contributed by atoms with E-state index in [9.17, 15) is 13.2 Å². The van der Waals surface area contributed by atoms with Crippen LogP contribution in [0.25, 0.3) is 33.1 Å². The van der Waals surface area contributed by atoms with Crippen molar-refractivity contribution in [2.24, 2.45) is 0 Å². The Morgan fingerprint density at radius 3 is 2.79 bits per heavy atom. The fourth-order valence-electron chi connectivity index (χ4n) is 8.37. The molecule has 0 spiro atoms. The molecule has 53 heavy (non-hydrogen) atoms. The molecule has 3 fully saturated rings. The van der Waals surface area contributed by atoms with Crippen molar-refractivity contribution in [3.63, 3.8) is 0 Å². The largest absolute Gasteiger partial charge is 0.483 e. The van der Waals surface area contributed by atoms with Gasteiger partial charge in [-0.1, -0.05) is 6.07 Å². The maximum absolute atomic E-state index is 17.3. The number of pyridine rings is 2. The number of nitrogen functional groups attached to an aromatic ring is 1. The molecule has 5 aromatic rings. The second-order valence-electron chi connectivity index (χ2n) is 14.2. The van der Waals surface area contributed by atoms with Crippen molar-refractivity contribution in [1.29, 1.82) is 0 Å². The predicted molar refractivity (Wildman–Crippen MR) is 186 cm³/mol. The van der Waals surface area contributed by atoms with E-state index < -0.39 is 47.5 Å². The average molecular weight is 736 g/mol. The summed E-state index contributed by atoms with van der Waals surface area (Å²) in [5, 5.41) is 14.7. The van der Waals surface area contributed by atoms with Crippen LogP contribution in [-0.4, -0.2) is 96.8 Å². The van der Waals surface area contributed by atoms with E-state index >= 15 is 4.39 Å². The van der Waals surface area contributed by atoms with E-state index in [2.05, 4.69) is 25.1 Å². The third kappa shape index (κ3) is 5.90. The number of carbonyl (C=O) groups is 1. The summed E-state index contributed by atoms with van der Waals surface area (Å²) in [5.74, 6) is -1.28. The SMILES string of the molecule is C[C@H](c1cc(F)cnc1N)N1c2nc(OC[C@@]34CCCN3C[C@H](F)C4)nc3c(F)c(-c4c(C5CC5F)ccc5[nH]ncc45)nc(c23)OC[C@@H]1C.O=CO. The normalized spacial score (nSPS) is 25.4. The summed E-state index contributed by atoms with van der Waals surface area (Å²) in [5.41, 5.74) is 7.62. The average Bonchev–Trinajstić information content (AvgIpc) is 3.39. The Balaban J connectivity index is 0.00000129. The Morgan fingerprint density at radius 1 is 1.23 bits per heavy atom. The summed E-state index contributed by atoms with van der Waals surface area (Å²) >= 11 is 0. The molecule has 4 aliphatic rings. The zero-order chi connectivity index (χ0) is 37.2. The van der Waals surface area contributed by atoms with Crippen LogP contribution in [0.5, 0.6) is 11.9 Å². The zero-order valence-electron chi connectivity index (χ0n) is 28.9. The lowest BCUT2D eigenvalue weighted by Crippen LogP contribution is -2.43. The Kier molecular flexibility index (Phi) is 8.70. The van der Waals surface area contributed by atoms with Crippen LogP contribution in [0.2, 0.25) is 0 Å². The van der Waals surface area contributed by atoms with E-state index in [4.69, 9.17) is 35.1 Å². The number of H-pyrrole nitrogens is 1. The summed E-state index contributed by atoms with van der Waals surface area (Å²) in [6.07, 6.45) is 2.92. The number of aromatic nitrogens is 6. The van der Waals surface area contributed by atoms with Crippen molar-refractivity contribution in [2.75, 3.05) is 36.9 Å². The minimum Gasteiger partial charge on any atom is -0.483 e. The van der Waals surface area contributed by atoms with Crippen molar-refractivity contribution >= 4 is 39.9 Å². The number of aromatic amines is 1. The number of hydrogen-bond acceptors (Lipinski definition) is 11. The van der Waals surface area contributed by atoms with Crippen LogP contribution in [0.4, 0.5) is 29.2 Å². The topological polar surface area (TPSA) is 168 Å². The van der Waals surface area contributed by atoms with Gasteiger partial charge in [-0.2, -0.15) is 15.1 Å². The van der Waals surface area contributed by atoms with Gasteiger partial charge in [0.25, 0.3) is 6.47 Å². The van der Waals surface area contributed by atoms with E-state index in [0.29, 0.717) is 47.0 Å². The minimum absolute atomic E-state index is 0.0615. The van der Waals surface area contributed by atoms with E-state index in [1.54, 1.807) is 18.3 Å². The van der Waals surface area contributed by atoms with Gasteiger partial charge in [0.1, 0.15) is 59.6 Å². The van der Waals surface area contributed by atoms with Crippen molar-refractivity contribution in [1.82, 2.24) is 35.0 Å². The molecule has 0 amide bonds. The second-order valence-corrected chi connectivity index (χ2v) is 14.2. The molecule has 0 bridgehead atoms. The van der Waals surface area contributed by atoms with Gasteiger partial charge in [0.05, 0.1) is 35.5 Å². The third-order valence-electron chi connectivity index (χ3n) is 10.9. The number of nitrogens with one attached hydrogen (secondary N) is 1. The lowest BCUT2D eigenvalue weighted by molar-refractivity contribution is -0.122. The molecule has 2 saturated heterocycles. The van der Waals surface area contributed by atoms with Gasteiger partial charge in [-0.15, -0.1) is 0 Å². The van der Waals surface area contributed by atoms with E-state index in [0.717, 1.165) is 25.6 Å². The fourth-order valence-corrected chi connectivity index (χ4v) is 8.37. The standard InChI is InChI=1S/C35H35F4N9O2.CH2O2/c1-16-14-49-33-27-30(28(39)29(43-33)26-20(22-9-24(22)38)4-5-25-23(26)12-42-46-25)44-34(50-15-35-6-3-7-47(35)13-19(37)10-35)45-32(27)48(16)17(2)21-8-18(36)11-41-31(21)40;2-1-3/h4-5,8,11-12,16-17,19,22,24H,3,6-7,9-10,13-15H2,1-2H3,(H2,40,41)(H,42,46);1H,(H,2,3)/t16-,17+,19+,22?,24?,35-;/m0./s1. The Bertz CT molecular complexity index is 2230. The van der Waals surface area contributed by atoms with Gasteiger partial charge >= 0.3 is 6.01 Å². The molecule has 7 heterocycles. The molecule has 1 aromatic carbocycles. The van der Waals surface area contributed by atoms with Gasteiger partial charge in [-0.05, 0) is 57.4 Å². The number of fused-ring (bicyclic) bond motifs is 2. The van der Waals surface area contributed by atoms with E-state index in [1.165, 1.54) is 6.07 Å². The first-order valence-corrected chi connectivity index (χ1v) is 17.5. The zero-order valence-corrected chi connectivity index (χ0v) is 28.9. The van der Waals surface area contributed by atoms with Crippen LogP contribution in [0, 0.1) is 11.6 Å². The first-order valence-electron chi connectivity index (χ1n) is 17.5. The number of carboxylic acid groups (broad SMARTS) is 1. The molecule has 17 heteroatoms. The maximum atomic E-state index is 17.3. The number of hydrogen-bond donors (Lipinski definition) is 3. The Morgan fingerprint density at radius 2 is 2.02 bits per heavy atom. The summed E-state index contributed by atoms with van der Waals surface area (Å²) in [4.78, 5) is 30.6. The van der Waals surface area contributed by atoms with Crippen LogP contribution in [0.3, 0.4) is 0 Å². The molecule has 0 radical (unpaired) electrons. The maximum Gasteiger partial charge on any atom is 0.319 e. The van der Waals surface area contributed by atoms with Crippen molar-refractivity contribution in [3.05, 3.63) is 53.4 Å². The van der Waals surface area contributed by atoms with Crippen molar-refractivity contribution in [3.8, 4) is 23.1 Å². The summed E-state index contributed by atoms with van der Waals surface area (Å²) in [7, 11) is 0. The second kappa shape index (κ2) is 13.3. The number of benzene rings is 1. The molecular weight excluding hydrogens is 698 g/mol. The third-order valence-corrected chi connectivity index (χ3v) is 10.9. The number of nitrogens with two attached hydrogens (primary N) is 1. The first-order chi connectivity index (χ1) is 25.5. The Hall–Kier alpha value is -5.32. The molecule has 4 aromatic heterocycles. The van der Waals surface area contributed by atoms with Crippen LogP contribution in [0.15, 0.2) is 30.6 Å².